The van der Waals surface area contributed by atoms with Gasteiger partial charge in [-0.25, -0.2) is 9.53 Å². The largest absolute Gasteiger partial charge is 0.624 e. The van der Waals surface area contributed by atoms with Crippen molar-refractivity contribution in [3.05, 3.63) is 40.6 Å². The zero-order valence-corrected chi connectivity index (χ0v) is 11.2. The van der Waals surface area contributed by atoms with Gasteiger partial charge in [0, 0.05) is 12.8 Å². The monoisotopic (exact) mass is 261 g/mol. The predicted octanol–water partition coefficient (Wildman–Crippen LogP) is 2.74. The summed E-state index contributed by atoms with van der Waals surface area (Å²) in [6.07, 6.45) is 6.80. The maximum absolute atomic E-state index is 12.1. The smallest absolute Gasteiger partial charge is 0.338 e. The van der Waals surface area contributed by atoms with Gasteiger partial charge in [-0.2, -0.15) is 0 Å². The van der Waals surface area contributed by atoms with Crippen molar-refractivity contribution in [3.8, 4) is 0 Å². The molecule has 0 spiro atoms. The maximum atomic E-state index is 12.1. The molecule has 0 N–H and O–H groups in total. The normalized spacial score (nSPS) is 17.2. The number of carbonyl (C=O) groups is 1. The zero-order valence-electron chi connectivity index (χ0n) is 11.2. The van der Waals surface area contributed by atoms with Gasteiger partial charge in [0.05, 0.1) is 18.2 Å². The van der Waals surface area contributed by atoms with E-state index in [0.29, 0.717) is 11.1 Å². The molecule has 0 radical (unpaired) electrons. The standard InChI is InChI=1S/C15H19NO3/c1-19-15(17)14-10-6-5-7-12(14)11-16(18)13-8-3-2-4-9-13/h5-7,10-11,13H,2-4,8-9H2,1H3/b16-11-. The Balaban J connectivity index is 2.23. The summed E-state index contributed by atoms with van der Waals surface area (Å²) < 4.78 is 5.73. The first-order valence-corrected chi connectivity index (χ1v) is 6.70. The Kier molecular flexibility index (Phi) is 4.55. The van der Waals surface area contributed by atoms with Gasteiger partial charge in [0.1, 0.15) is 0 Å². The van der Waals surface area contributed by atoms with Gasteiger partial charge in [0.2, 0.25) is 0 Å². The van der Waals surface area contributed by atoms with Gasteiger partial charge < -0.3 is 9.94 Å². The van der Waals surface area contributed by atoms with Crippen molar-refractivity contribution in [2.75, 3.05) is 7.11 Å². The molecule has 0 amide bonds. The van der Waals surface area contributed by atoms with Crippen LogP contribution in [0.3, 0.4) is 0 Å². The highest BCUT2D eigenvalue weighted by Crippen LogP contribution is 2.20. The Morgan fingerprint density at radius 1 is 1.32 bits per heavy atom. The molecule has 1 aromatic carbocycles. The van der Waals surface area contributed by atoms with Gasteiger partial charge in [-0.1, -0.05) is 18.6 Å². The molecule has 0 saturated heterocycles. The molecule has 1 saturated carbocycles. The Morgan fingerprint density at radius 2 is 2.00 bits per heavy atom. The van der Waals surface area contributed by atoms with Gasteiger partial charge in [-0.05, 0) is 25.0 Å². The highest BCUT2D eigenvalue weighted by atomic mass is 16.5. The molecular weight excluding hydrogens is 242 g/mol. The average molecular weight is 261 g/mol. The van der Waals surface area contributed by atoms with Crippen molar-refractivity contribution in [2.45, 2.75) is 38.1 Å². The molecule has 0 bridgehead atoms. The summed E-state index contributed by atoms with van der Waals surface area (Å²) in [4.78, 5) is 11.6. The summed E-state index contributed by atoms with van der Waals surface area (Å²) in [5.41, 5.74) is 1.05. The zero-order chi connectivity index (χ0) is 13.7. The minimum Gasteiger partial charge on any atom is -0.624 e. The maximum Gasteiger partial charge on any atom is 0.338 e. The first-order chi connectivity index (χ1) is 9.22. The molecule has 0 aliphatic heterocycles. The summed E-state index contributed by atoms with van der Waals surface area (Å²) in [5, 5.41) is 12.1. The van der Waals surface area contributed by atoms with Crippen LogP contribution >= 0.6 is 0 Å². The summed E-state index contributed by atoms with van der Waals surface area (Å²) >= 11 is 0. The number of hydrogen-bond donors (Lipinski definition) is 0. The summed E-state index contributed by atoms with van der Waals surface area (Å²) in [7, 11) is 1.34. The van der Waals surface area contributed by atoms with E-state index in [1.54, 1.807) is 18.2 Å². The molecule has 1 aliphatic rings. The first-order valence-electron chi connectivity index (χ1n) is 6.70. The molecule has 4 nitrogen and oxygen atoms in total. The Morgan fingerprint density at radius 3 is 2.68 bits per heavy atom. The average Bonchev–Trinajstić information content (AvgIpc) is 2.48. The van der Waals surface area contributed by atoms with E-state index >= 15 is 0 Å². The SMILES string of the molecule is COC(=O)c1ccccc1/C=[N+](\[O-])C1CCCCC1. The van der Waals surface area contributed by atoms with Crippen molar-refractivity contribution in [1.29, 1.82) is 0 Å². The van der Waals surface area contributed by atoms with Crippen LogP contribution in [-0.2, 0) is 4.74 Å². The second kappa shape index (κ2) is 6.36. The van der Waals surface area contributed by atoms with Crippen LogP contribution in [0, 0.1) is 5.21 Å². The third kappa shape index (κ3) is 3.34. The summed E-state index contributed by atoms with van der Waals surface area (Å²) in [6.45, 7) is 0. The van der Waals surface area contributed by atoms with E-state index in [4.69, 9.17) is 4.74 Å². The van der Waals surface area contributed by atoms with Crippen LogP contribution in [0.1, 0.15) is 48.0 Å². The van der Waals surface area contributed by atoms with E-state index in [-0.39, 0.29) is 6.04 Å². The Hall–Kier alpha value is -1.84. The molecule has 2 rings (SSSR count). The molecule has 102 valence electrons. The quantitative estimate of drug-likeness (QED) is 0.276. The van der Waals surface area contributed by atoms with Gasteiger partial charge >= 0.3 is 5.97 Å². The minimum absolute atomic E-state index is 0.0412. The molecule has 0 unspecified atom stereocenters. The van der Waals surface area contributed by atoms with Gasteiger partial charge in [-0.15, -0.1) is 0 Å². The number of hydroxylamine groups is 1. The van der Waals surface area contributed by atoms with Crippen molar-refractivity contribution in [2.24, 2.45) is 0 Å². The van der Waals surface area contributed by atoms with Crippen LogP contribution in [0.15, 0.2) is 24.3 Å². The van der Waals surface area contributed by atoms with E-state index in [9.17, 15) is 10.0 Å². The first kappa shape index (κ1) is 13.6. The number of rotatable bonds is 3. The number of esters is 1. The van der Waals surface area contributed by atoms with E-state index in [1.807, 2.05) is 6.07 Å². The molecular formula is C15H19NO3. The summed E-state index contributed by atoms with van der Waals surface area (Å²) in [5.74, 6) is -0.413. The molecule has 1 aromatic rings. The van der Waals surface area contributed by atoms with Crippen molar-refractivity contribution in [1.82, 2.24) is 0 Å². The number of hydrogen-bond acceptors (Lipinski definition) is 3. The fourth-order valence-corrected chi connectivity index (χ4v) is 2.48. The number of carbonyl (C=O) groups excluding carboxylic acids is 1. The molecule has 19 heavy (non-hydrogen) atoms. The molecule has 1 fully saturated rings. The number of ether oxygens (including phenoxy) is 1. The minimum atomic E-state index is -0.413. The second-order valence-electron chi connectivity index (χ2n) is 4.86. The van der Waals surface area contributed by atoms with E-state index < -0.39 is 5.97 Å². The van der Waals surface area contributed by atoms with Crippen molar-refractivity contribution >= 4 is 12.2 Å². The van der Waals surface area contributed by atoms with E-state index in [1.165, 1.54) is 19.7 Å². The van der Waals surface area contributed by atoms with Gasteiger partial charge in [-0.3, -0.25) is 0 Å². The molecule has 0 aromatic heterocycles. The van der Waals surface area contributed by atoms with E-state index in [0.717, 1.165) is 30.4 Å². The number of methoxy groups -OCH3 is 1. The lowest BCUT2D eigenvalue weighted by atomic mass is 9.96. The third-order valence-electron chi connectivity index (χ3n) is 3.57. The predicted molar refractivity (Wildman–Crippen MR) is 73.4 cm³/mol. The Labute approximate surface area is 113 Å². The van der Waals surface area contributed by atoms with Crippen molar-refractivity contribution in [3.63, 3.8) is 0 Å². The second-order valence-corrected chi connectivity index (χ2v) is 4.86. The fraction of sp³-hybridized carbons (Fsp3) is 0.467. The fourth-order valence-electron chi connectivity index (χ4n) is 2.48. The molecule has 1 aliphatic carbocycles. The van der Waals surface area contributed by atoms with Gasteiger partial charge in [0.15, 0.2) is 12.3 Å². The van der Waals surface area contributed by atoms with Crippen LogP contribution < -0.4 is 0 Å². The highest BCUT2D eigenvalue weighted by molar-refractivity contribution is 5.98. The third-order valence-corrected chi connectivity index (χ3v) is 3.57. The van der Waals surface area contributed by atoms with Crippen LogP contribution in [0.5, 0.6) is 0 Å². The lowest BCUT2D eigenvalue weighted by molar-refractivity contribution is -0.500. The van der Waals surface area contributed by atoms with Crippen LogP contribution in [0.2, 0.25) is 0 Å². The number of benzene rings is 1. The highest BCUT2D eigenvalue weighted by Gasteiger charge is 2.20. The molecule has 4 heteroatoms. The topological polar surface area (TPSA) is 52.4 Å². The van der Waals surface area contributed by atoms with Gasteiger partial charge in [0.25, 0.3) is 0 Å². The molecule has 0 atom stereocenters. The molecule has 0 heterocycles. The van der Waals surface area contributed by atoms with Crippen LogP contribution in [-0.4, -0.2) is 30.1 Å². The van der Waals surface area contributed by atoms with E-state index in [2.05, 4.69) is 0 Å². The lowest BCUT2D eigenvalue weighted by Crippen LogP contribution is -2.25. The van der Waals surface area contributed by atoms with Crippen LogP contribution in [0.4, 0.5) is 0 Å². The van der Waals surface area contributed by atoms with Crippen LogP contribution in [0.25, 0.3) is 0 Å². The van der Waals surface area contributed by atoms with Crippen molar-refractivity contribution < 1.29 is 14.3 Å². The lowest BCUT2D eigenvalue weighted by Gasteiger charge is -2.21. The Bertz CT molecular complexity index is 476. The summed E-state index contributed by atoms with van der Waals surface area (Å²) in [6, 6.07) is 7.05. The number of nitrogens with zero attached hydrogens (tertiary/aromatic N) is 1.